The van der Waals surface area contributed by atoms with E-state index in [1.807, 2.05) is 6.92 Å². The zero-order valence-corrected chi connectivity index (χ0v) is 10.6. The molecule has 1 unspecified atom stereocenters. The van der Waals surface area contributed by atoms with Gasteiger partial charge in [0.05, 0.1) is 4.90 Å². The second-order valence-corrected chi connectivity index (χ2v) is 5.43. The summed E-state index contributed by atoms with van der Waals surface area (Å²) >= 11 is 0. The van der Waals surface area contributed by atoms with Crippen molar-refractivity contribution < 1.29 is 13.5 Å². The molecule has 0 bridgehead atoms. The molecule has 5 nitrogen and oxygen atoms in total. The summed E-state index contributed by atoms with van der Waals surface area (Å²) < 4.78 is 22.1. The first-order valence-corrected chi connectivity index (χ1v) is 6.97. The van der Waals surface area contributed by atoms with Crippen LogP contribution < -0.4 is 10.5 Å². The Kier molecular flexibility index (Phi) is 5.07. The molecule has 1 aromatic carbocycles. The number of hydrogen-bond donors (Lipinski definition) is 3. The maximum absolute atomic E-state index is 11.1. The van der Waals surface area contributed by atoms with Crippen molar-refractivity contribution in [2.24, 2.45) is 5.14 Å². The van der Waals surface area contributed by atoms with Gasteiger partial charge in [-0.15, -0.1) is 0 Å². The Labute approximate surface area is 102 Å². The van der Waals surface area contributed by atoms with Crippen molar-refractivity contribution in [3.8, 4) is 0 Å². The first-order valence-electron chi connectivity index (χ1n) is 5.42. The van der Waals surface area contributed by atoms with Crippen LogP contribution >= 0.6 is 0 Å². The van der Waals surface area contributed by atoms with Gasteiger partial charge >= 0.3 is 0 Å². The monoisotopic (exact) mass is 258 g/mol. The Balaban J connectivity index is 2.67. The van der Waals surface area contributed by atoms with Gasteiger partial charge in [0.1, 0.15) is 0 Å². The van der Waals surface area contributed by atoms with Gasteiger partial charge in [-0.1, -0.05) is 12.1 Å². The van der Waals surface area contributed by atoms with Crippen molar-refractivity contribution in [2.45, 2.75) is 24.3 Å². The van der Waals surface area contributed by atoms with E-state index in [0.717, 1.165) is 5.56 Å². The summed E-state index contributed by atoms with van der Waals surface area (Å²) in [7, 11) is -3.62. The summed E-state index contributed by atoms with van der Waals surface area (Å²) in [5.74, 6) is 0. The quantitative estimate of drug-likeness (QED) is 0.643. The number of rotatable bonds is 6. The number of benzene rings is 1. The molecular formula is C11H18N2O3S. The van der Waals surface area contributed by atoms with Crippen molar-refractivity contribution in [2.75, 3.05) is 13.2 Å². The molecule has 0 heterocycles. The molecule has 0 saturated carbocycles. The Hall–Kier alpha value is -0.950. The van der Waals surface area contributed by atoms with E-state index < -0.39 is 10.0 Å². The lowest BCUT2D eigenvalue weighted by molar-refractivity contribution is 0.284. The van der Waals surface area contributed by atoms with Crippen LogP contribution in [0.1, 0.15) is 24.9 Å². The van der Waals surface area contributed by atoms with Crippen molar-refractivity contribution in [3.63, 3.8) is 0 Å². The third-order valence-electron chi connectivity index (χ3n) is 2.49. The maximum Gasteiger partial charge on any atom is 0.238 e. The zero-order chi connectivity index (χ0) is 12.9. The Morgan fingerprint density at radius 1 is 1.35 bits per heavy atom. The predicted octanol–water partition coefficient (Wildman–Crippen LogP) is 0.367. The number of aliphatic hydroxyl groups excluding tert-OH is 1. The molecule has 96 valence electrons. The third kappa shape index (κ3) is 4.43. The molecule has 0 aliphatic heterocycles. The van der Waals surface area contributed by atoms with Gasteiger partial charge < -0.3 is 10.4 Å². The van der Waals surface area contributed by atoms with Crippen LogP contribution in [0.5, 0.6) is 0 Å². The van der Waals surface area contributed by atoms with Gasteiger partial charge in [0.2, 0.25) is 10.0 Å². The van der Waals surface area contributed by atoms with Crippen LogP contribution in [0.25, 0.3) is 0 Å². The van der Waals surface area contributed by atoms with Crippen LogP contribution in [0.3, 0.4) is 0 Å². The van der Waals surface area contributed by atoms with Crippen molar-refractivity contribution >= 4 is 10.0 Å². The van der Waals surface area contributed by atoms with E-state index in [1.165, 1.54) is 12.1 Å². The Morgan fingerprint density at radius 2 is 1.94 bits per heavy atom. The molecule has 4 N–H and O–H groups in total. The normalized spacial score (nSPS) is 13.6. The summed E-state index contributed by atoms with van der Waals surface area (Å²) in [6.07, 6.45) is 0.694. The van der Waals surface area contributed by atoms with Gasteiger partial charge in [-0.3, -0.25) is 0 Å². The van der Waals surface area contributed by atoms with Gasteiger partial charge in [0.15, 0.2) is 0 Å². The molecule has 1 aromatic rings. The van der Waals surface area contributed by atoms with E-state index in [1.54, 1.807) is 12.1 Å². The molecule has 0 aliphatic carbocycles. The van der Waals surface area contributed by atoms with Crippen molar-refractivity contribution in [1.29, 1.82) is 0 Å². The molecule has 0 saturated heterocycles. The highest BCUT2D eigenvalue weighted by molar-refractivity contribution is 7.89. The highest BCUT2D eigenvalue weighted by atomic mass is 32.2. The average Bonchev–Trinajstić information content (AvgIpc) is 2.28. The van der Waals surface area contributed by atoms with Gasteiger partial charge in [-0.05, 0) is 37.6 Å². The number of nitrogens with one attached hydrogen (secondary N) is 1. The first kappa shape index (κ1) is 14.1. The summed E-state index contributed by atoms with van der Waals surface area (Å²) in [6.45, 7) is 2.85. The first-order chi connectivity index (χ1) is 7.95. The minimum Gasteiger partial charge on any atom is -0.396 e. The standard InChI is InChI=1S/C11H18N2O3S/c1-9(13-7-2-8-14)10-3-5-11(6-4-10)17(12,15)16/h3-6,9,13-14H,2,7-8H2,1H3,(H2,12,15,16). The molecular weight excluding hydrogens is 240 g/mol. The van der Waals surface area contributed by atoms with E-state index in [-0.39, 0.29) is 17.5 Å². The number of aliphatic hydroxyl groups is 1. The number of primary sulfonamides is 1. The maximum atomic E-state index is 11.1. The zero-order valence-electron chi connectivity index (χ0n) is 9.76. The highest BCUT2D eigenvalue weighted by Gasteiger charge is 2.09. The van der Waals surface area contributed by atoms with E-state index in [9.17, 15) is 8.42 Å². The average molecular weight is 258 g/mol. The fourth-order valence-electron chi connectivity index (χ4n) is 1.46. The van der Waals surface area contributed by atoms with Crippen LogP contribution in [0.4, 0.5) is 0 Å². The number of sulfonamides is 1. The molecule has 1 rings (SSSR count). The van der Waals surface area contributed by atoms with Gasteiger partial charge in [-0.25, -0.2) is 13.6 Å². The van der Waals surface area contributed by atoms with Crippen LogP contribution in [-0.2, 0) is 10.0 Å². The molecule has 0 aliphatic rings. The minimum atomic E-state index is -3.62. The lowest BCUT2D eigenvalue weighted by Crippen LogP contribution is -2.20. The summed E-state index contributed by atoms with van der Waals surface area (Å²) in [5.41, 5.74) is 0.982. The highest BCUT2D eigenvalue weighted by Crippen LogP contribution is 2.15. The van der Waals surface area contributed by atoms with Crippen LogP contribution in [0.15, 0.2) is 29.2 Å². The second-order valence-electron chi connectivity index (χ2n) is 3.87. The lowest BCUT2D eigenvalue weighted by atomic mass is 10.1. The number of hydrogen-bond acceptors (Lipinski definition) is 4. The van der Waals surface area contributed by atoms with Crippen LogP contribution in [0, 0.1) is 0 Å². The van der Waals surface area contributed by atoms with Crippen LogP contribution in [-0.4, -0.2) is 26.7 Å². The fraction of sp³-hybridized carbons (Fsp3) is 0.455. The SMILES string of the molecule is CC(NCCCO)c1ccc(S(N)(=O)=O)cc1. The molecule has 0 aromatic heterocycles. The second kappa shape index (κ2) is 6.11. The molecule has 0 amide bonds. The van der Waals surface area contributed by atoms with Crippen molar-refractivity contribution in [1.82, 2.24) is 5.32 Å². The summed E-state index contributed by atoms with van der Waals surface area (Å²) in [6, 6.07) is 6.56. The van der Waals surface area contributed by atoms with E-state index in [2.05, 4.69) is 5.32 Å². The summed E-state index contributed by atoms with van der Waals surface area (Å²) in [5, 5.41) is 16.9. The van der Waals surface area contributed by atoms with E-state index >= 15 is 0 Å². The third-order valence-corrected chi connectivity index (χ3v) is 3.42. The molecule has 0 spiro atoms. The van der Waals surface area contributed by atoms with Crippen LogP contribution in [0.2, 0.25) is 0 Å². The van der Waals surface area contributed by atoms with Gasteiger partial charge in [0.25, 0.3) is 0 Å². The molecule has 1 atom stereocenters. The van der Waals surface area contributed by atoms with E-state index in [4.69, 9.17) is 10.2 Å². The smallest absolute Gasteiger partial charge is 0.238 e. The van der Waals surface area contributed by atoms with Gasteiger partial charge in [-0.2, -0.15) is 0 Å². The Morgan fingerprint density at radius 3 is 2.41 bits per heavy atom. The largest absolute Gasteiger partial charge is 0.396 e. The minimum absolute atomic E-state index is 0.107. The number of nitrogens with two attached hydrogens (primary N) is 1. The molecule has 0 radical (unpaired) electrons. The van der Waals surface area contributed by atoms with Gasteiger partial charge in [0, 0.05) is 12.6 Å². The molecule has 6 heteroatoms. The molecule has 0 fully saturated rings. The van der Waals surface area contributed by atoms with E-state index in [0.29, 0.717) is 13.0 Å². The lowest BCUT2D eigenvalue weighted by Gasteiger charge is -2.14. The fourth-order valence-corrected chi connectivity index (χ4v) is 1.98. The predicted molar refractivity (Wildman–Crippen MR) is 65.9 cm³/mol. The molecule has 17 heavy (non-hydrogen) atoms. The topological polar surface area (TPSA) is 92.4 Å². The summed E-state index contributed by atoms with van der Waals surface area (Å²) in [4.78, 5) is 0.115. The van der Waals surface area contributed by atoms with Crippen molar-refractivity contribution in [3.05, 3.63) is 29.8 Å². The Bertz CT molecular complexity index is 442.